The highest BCUT2D eigenvalue weighted by Crippen LogP contribution is 2.24. The van der Waals surface area contributed by atoms with E-state index in [0.717, 1.165) is 24.5 Å². The van der Waals surface area contributed by atoms with Gasteiger partial charge in [0.05, 0.1) is 16.9 Å². The minimum atomic E-state index is 0.388. The lowest BCUT2D eigenvalue weighted by Gasteiger charge is -2.23. The summed E-state index contributed by atoms with van der Waals surface area (Å²) in [4.78, 5) is 0. The van der Waals surface area contributed by atoms with Gasteiger partial charge in [0.15, 0.2) is 0 Å². The monoisotopic (exact) mass is 241 g/mol. The summed E-state index contributed by atoms with van der Waals surface area (Å²) in [5.41, 5.74) is 1.20. The van der Waals surface area contributed by atoms with Crippen molar-refractivity contribution in [3.8, 4) is 0 Å². The first kappa shape index (κ1) is 11.9. The maximum absolute atomic E-state index is 6.20. The molecule has 1 atom stereocenters. The van der Waals surface area contributed by atoms with Gasteiger partial charge in [0, 0.05) is 6.04 Å². The van der Waals surface area contributed by atoms with Gasteiger partial charge in [0.1, 0.15) is 0 Å². The van der Waals surface area contributed by atoms with Crippen LogP contribution >= 0.6 is 11.6 Å². The average molecular weight is 242 g/mol. The zero-order valence-corrected chi connectivity index (χ0v) is 10.8. The molecular weight excluding hydrogens is 222 g/mol. The number of nitrogens with one attached hydrogen (secondary N) is 1. The molecule has 1 N–H and O–H groups in total. The number of aromatic nitrogens is 2. The second-order valence-electron chi connectivity index (χ2n) is 4.89. The molecule has 16 heavy (non-hydrogen) atoms. The molecule has 2 rings (SSSR count). The summed E-state index contributed by atoms with van der Waals surface area (Å²) in [6.07, 6.45) is 5.39. The molecule has 2 heterocycles. The van der Waals surface area contributed by atoms with E-state index >= 15 is 0 Å². The second kappa shape index (κ2) is 5.19. The molecule has 0 spiro atoms. The topological polar surface area (TPSA) is 29.9 Å². The second-order valence-corrected chi connectivity index (χ2v) is 5.30. The number of halogens is 1. The Bertz CT molecular complexity index is 340. The Kier molecular flexibility index (Phi) is 3.87. The van der Waals surface area contributed by atoms with E-state index in [-0.39, 0.29) is 0 Å². The van der Waals surface area contributed by atoms with Gasteiger partial charge in [-0.1, -0.05) is 11.6 Å². The van der Waals surface area contributed by atoms with Gasteiger partial charge in [-0.05, 0) is 52.1 Å². The largest absolute Gasteiger partial charge is 0.316 e. The smallest absolute Gasteiger partial charge is 0.0818 e. The van der Waals surface area contributed by atoms with Crippen LogP contribution in [-0.4, -0.2) is 22.9 Å². The maximum Gasteiger partial charge on any atom is 0.0818 e. The standard InChI is InChI=1S/C12H20ClN3/c1-9(2)16-12(11(13)8-15-16)6-10-4-3-5-14-7-10/h8-10,14H,3-7H2,1-2H3. The lowest BCUT2D eigenvalue weighted by Crippen LogP contribution is -2.31. The third-order valence-electron chi connectivity index (χ3n) is 3.22. The Morgan fingerprint density at radius 3 is 3.06 bits per heavy atom. The highest BCUT2D eigenvalue weighted by molar-refractivity contribution is 6.31. The molecule has 1 fully saturated rings. The molecule has 1 aliphatic rings. The lowest BCUT2D eigenvalue weighted by atomic mass is 9.94. The zero-order valence-electron chi connectivity index (χ0n) is 10.0. The van der Waals surface area contributed by atoms with Crippen LogP contribution in [-0.2, 0) is 6.42 Å². The Balaban J connectivity index is 2.09. The number of hydrogen-bond donors (Lipinski definition) is 1. The molecule has 0 saturated carbocycles. The van der Waals surface area contributed by atoms with Crippen LogP contribution in [0.2, 0.25) is 5.02 Å². The lowest BCUT2D eigenvalue weighted by molar-refractivity contribution is 0.363. The van der Waals surface area contributed by atoms with Crippen LogP contribution in [0.15, 0.2) is 6.20 Å². The molecule has 1 aromatic heterocycles. The molecule has 0 amide bonds. The molecule has 3 nitrogen and oxygen atoms in total. The Labute approximate surface area is 102 Å². The Hall–Kier alpha value is -0.540. The van der Waals surface area contributed by atoms with Crippen LogP contribution in [0.4, 0.5) is 0 Å². The average Bonchev–Trinajstić information content (AvgIpc) is 2.62. The SMILES string of the molecule is CC(C)n1ncc(Cl)c1CC1CCCNC1. The van der Waals surface area contributed by atoms with E-state index in [9.17, 15) is 0 Å². The summed E-state index contributed by atoms with van der Waals surface area (Å²) in [5.74, 6) is 0.709. The van der Waals surface area contributed by atoms with Gasteiger partial charge in [0.25, 0.3) is 0 Å². The number of piperidine rings is 1. The molecule has 0 aliphatic carbocycles. The van der Waals surface area contributed by atoms with Crippen molar-refractivity contribution < 1.29 is 0 Å². The van der Waals surface area contributed by atoms with E-state index in [2.05, 4.69) is 28.9 Å². The third-order valence-corrected chi connectivity index (χ3v) is 3.53. The fourth-order valence-corrected chi connectivity index (χ4v) is 2.58. The van der Waals surface area contributed by atoms with Crippen LogP contribution in [0.3, 0.4) is 0 Å². The van der Waals surface area contributed by atoms with Gasteiger partial charge in [-0.15, -0.1) is 0 Å². The Morgan fingerprint density at radius 2 is 2.44 bits per heavy atom. The fourth-order valence-electron chi connectivity index (χ4n) is 2.37. The summed E-state index contributed by atoms with van der Waals surface area (Å²) in [6.45, 7) is 6.56. The van der Waals surface area contributed by atoms with Gasteiger partial charge in [0.2, 0.25) is 0 Å². The molecule has 1 unspecified atom stereocenters. The highest BCUT2D eigenvalue weighted by atomic mass is 35.5. The van der Waals surface area contributed by atoms with Gasteiger partial charge in [-0.25, -0.2) is 0 Å². The number of rotatable bonds is 3. The minimum Gasteiger partial charge on any atom is -0.316 e. The summed E-state index contributed by atoms with van der Waals surface area (Å²) in [7, 11) is 0. The zero-order chi connectivity index (χ0) is 11.5. The van der Waals surface area contributed by atoms with Crippen molar-refractivity contribution >= 4 is 11.6 Å². The van der Waals surface area contributed by atoms with Crippen LogP contribution in [0.1, 0.15) is 38.4 Å². The summed E-state index contributed by atoms with van der Waals surface area (Å²) < 4.78 is 2.05. The summed E-state index contributed by atoms with van der Waals surface area (Å²) in [6, 6.07) is 0.388. The summed E-state index contributed by atoms with van der Waals surface area (Å²) >= 11 is 6.20. The first-order valence-corrected chi connectivity index (χ1v) is 6.49. The van der Waals surface area contributed by atoms with Crippen LogP contribution < -0.4 is 5.32 Å². The van der Waals surface area contributed by atoms with Crippen LogP contribution in [0, 0.1) is 5.92 Å². The normalized spacial score (nSPS) is 21.6. The van der Waals surface area contributed by atoms with E-state index < -0.39 is 0 Å². The maximum atomic E-state index is 6.20. The molecular formula is C12H20ClN3. The van der Waals surface area contributed by atoms with Gasteiger partial charge < -0.3 is 5.32 Å². The predicted molar refractivity (Wildman–Crippen MR) is 66.9 cm³/mol. The fraction of sp³-hybridized carbons (Fsp3) is 0.750. The molecule has 1 aliphatic heterocycles. The quantitative estimate of drug-likeness (QED) is 0.882. The van der Waals surface area contributed by atoms with Crippen molar-refractivity contribution in [2.45, 2.75) is 39.2 Å². The van der Waals surface area contributed by atoms with Crippen LogP contribution in [0.25, 0.3) is 0 Å². The van der Waals surface area contributed by atoms with E-state index in [1.165, 1.54) is 18.5 Å². The minimum absolute atomic E-state index is 0.388. The molecule has 1 saturated heterocycles. The van der Waals surface area contributed by atoms with Gasteiger partial charge in [-0.3, -0.25) is 4.68 Å². The molecule has 4 heteroatoms. The molecule has 0 aromatic carbocycles. The Morgan fingerprint density at radius 1 is 1.62 bits per heavy atom. The van der Waals surface area contributed by atoms with Gasteiger partial charge >= 0.3 is 0 Å². The van der Waals surface area contributed by atoms with Gasteiger partial charge in [-0.2, -0.15) is 5.10 Å². The van der Waals surface area contributed by atoms with E-state index in [1.807, 2.05) is 0 Å². The first-order chi connectivity index (χ1) is 7.68. The van der Waals surface area contributed by atoms with Crippen LogP contribution in [0.5, 0.6) is 0 Å². The van der Waals surface area contributed by atoms with E-state index in [0.29, 0.717) is 12.0 Å². The molecule has 90 valence electrons. The van der Waals surface area contributed by atoms with Crippen molar-refractivity contribution in [2.75, 3.05) is 13.1 Å². The van der Waals surface area contributed by atoms with E-state index in [1.54, 1.807) is 6.20 Å². The highest BCUT2D eigenvalue weighted by Gasteiger charge is 2.19. The van der Waals surface area contributed by atoms with E-state index in [4.69, 9.17) is 11.6 Å². The van der Waals surface area contributed by atoms with Crippen molar-refractivity contribution in [2.24, 2.45) is 5.92 Å². The summed E-state index contributed by atoms with van der Waals surface area (Å²) in [5, 5.41) is 8.61. The van der Waals surface area contributed by atoms with Crippen molar-refractivity contribution in [1.82, 2.24) is 15.1 Å². The third kappa shape index (κ3) is 2.58. The molecule has 0 radical (unpaired) electrons. The first-order valence-electron chi connectivity index (χ1n) is 6.11. The number of hydrogen-bond acceptors (Lipinski definition) is 2. The molecule has 0 bridgehead atoms. The van der Waals surface area contributed by atoms with Crippen molar-refractivity contribution in [1.29, 1.82) is 0 Å². The van der Waals surface area contributed by atoms with Crippen molar-refractivity contribution in [3.63, 3.8) is 0 Å². The number of nitrogens with zero attached hydrogens (tertiary/aromatic N) is 2. The van der Waals surface area contributed by atoms with Crippen molar-refractivity contribution in [3.05, 3.63) is 16.9 Å². The predicted octanol–water partition coefficient (Wildman–Crippen LogP) is 2.66. The molecule has 1 aromatic rings.